The predicted molar refractivity (Wildman–Crippen MR) is 117 cm³/mol. The highest BCUT2D eigenvalue weighted by Gasteiger charge is 2.13. The van der Waals surface area contributed by atoms with Crippen LogP contribution >= 0.6 is 0 Å². The average Bonchev–Trinajstić information content (AvgIpc) is 2.69. The van der Waals surface area contributed by atoms with Gasteiger partial charge in [-0.2, -0.15) is 0 Å². The second kappa shape index (κ2) is 11.8. The van der Waals surface area contributed by atoms with Crippen LogP contribution in [0, 0.1) is 0 Å². The molecule has 5 nitrogen and oxygen atoms in total. The normalized spacial score (nSPS) is 11.5. The van der Waals surface area contributed by atoms with Crippen molar-refractivity contribution in [3.8, 4) is 11.5 Å². The lowest BCUT2D eigenvalue weighted by Crippen LogP contribution is -2.15. The van der Waals surface area contributed by atoms with E-state index in [0.717, 1.165) is 23.6 Å². The van der Waals surface area contributed by atoms with Gasteiger partial charge in [0.15, 0.2) is 0 Å². The molecule has 0 unspecified atom stereocenters. The first-order valence-electron chi connectivity index (χ1n) is 10.1. The van der Waals surface area contributed by atoms with E-state index >= 15 is 0 Å². The van der Waals surface area contributed by atoms with E-state index in [1.807, 2.05) is 18.2 Å². The topological polar surface area (TPSA) is 49.0 Å². The van der Waals surface area contributed by atoms with Gasteiger partial charge in [0, 0.05) is 38.9 Å². The Hall–Kier alpha value is -2.08. The molecule has 5 heteroatoms. The molecule has 1 N–H and O–H groups in total. The highest BCUT2D eigenvalue weighted by atomic mass is 16.5. The second-order valence-electron chi connectivity index (χ2n) is 8.00. The minimum atomic E-state index is 0.174. The fraction of sp³-hybridized carbons (Fsp3) is 0.500. The molecule has 0 bridgehead atoms. The van der Waals surface area contributed by atoms with E-state index in [1.54, 1.807) is 14.2 Å². The third kappa shape index (κ3) is 8.05. The number of hydrogen-bond donors (Lipinski definition) is 1. The summed E-state index contributed by atoms with van der Waals surface area (Å²) in [6, 6.07) is 14.7. The van der Waals surface area contributed by atoms with Crippen molar-refractivity contribution >= 4 is 0 Å². The van der Waals surface area contributed by atoms with Gasteiger partial charge in [-0.05, 0) is 22.6 Å². The molecular formula is C24H35NO4. The Labute approximate surface area is 175 Å². The molecule has 0 aliphatic carbocycles. The Bertz CT molecular complexity index is 723. The van der Waals surface area contributed by atoms with E-state index in [2.05, 4.69) is 50.4 Å². The summed E-state index contributed by atoms with van der Waals surface area (Å²) in [7, 11) is 3.33. The molecule has 2 aromatic carbocycles. The van der Waals surface area contributed by atoms with E-state index < -0.39 is 0 Å². The third-order valence-electron chi connectivity index (χ3n) is 4.60. The predicted octanol–water partition coefficient (Wildman–Crippen LogP) is 4.32. The maximum Gasteiger partial charge on any atom is 0.127 e. The van der Waals surface area contributed by atoms with E-state index in [4.69, 9.17) is 18.9 Å². The number of nitrogens with one attached hydrogen (secondary N) is 1. The summed E-state index contributed by atoms with van der Waals surface area (Å²) in [5.74, 6) is 1.59. The van der Waals surface area contributed by atoms with E-state index in [0.29, 0.717) is 33.0 Å². The van der Waals surface area contributed by atoms with Gasteiger partial charge < -0.3 is 24.3 Å². The number of ether oxygens (including phenoxy) is 4. The monoisotopic (exact) mass is 401 g/mol. The standard InChI is InChI=1S/C24H35NO4/c1-24(2,3)21-9-6-19(7-10-21)17-25-18-20-8-11-22(28-14-12-26-4)16-23(20)29-15-13-27-5/h6-11,16,25H,12-15,17-18H2,1-5H3. The van der Waals surface area contributed by atoms with Crippen molar-refractivity contribution in [1.82, 2.24) is 5.32 Å². The maximum absolute atomic E-state index is 5.90. The summed E-state index contributed by atoms with van der Waals surface area (Å²) >= 11 is 0. The first-order chi connectivity index (χ1) is 13.9. The molecule has 0 saturated carbocycles. The van der Waals surface area contributed by atoms with Crippen molar-refractivity contribution in [3.05, 3.63) is 59.2 Å². The van der Waals surface area contributed by atoms with Crippen LogP contribution in [0.5, 0.6) is 11.5 Å². The SMILES string of the molecule is COCCOc1ccc(CNCc2ccc(C(C)(C)C)cc2)c(OCCOC)c1. The zero-order valence-electron chi connectivity index (χ0n) is 18.4. The van der Waals surface area contributed by atoms with Crippen molar-refractivity contribution in [2.45, 2.75) is 39.3 Å². The summed E-state index contributed by atoms with van der Waals surface area (Å²) in [6.45, 7) is 10.3. The molecule has 0 heterocycles. The number of benzene rings is 2. The van der Waals surface area contributed by atoms with Crippen molar-refractivity contribution < 1.29 is 18.9 Å². The van der Waals surface area contributed by atoms with Crippen LogP contribution in [0.2, 0.25) is 0 Å². The molecule has 0 aliphatic rings. The molecule has 0 saturated heterocycles. The summed E-state index contributed by atoms with van der Waals surface area (Å²) < 4.78 is 21.7. The molecule has 2 rings (SSSR count). The molecule has 0 spiro atoms. The van der Waals surface area contributed by atoms with Crippen LogP contribution in [-0.4, -0.2) is 40.6 Å². The van der Waals surface area contributed by atoms with Crippen LogP contribution in [-0.2, 0) is 28.0 Å². The first kappa shape index (κ1) is 23.2. The molecule has 0 radical (unpaired) electrons. The molecular weight excluding hydrogens is 366 g/mol. The zero-order valence-corrected chi connectivity index (χ0v) is 18.4. The zero-order chi connectivity index (χ0) is 21.1. The Morgan fingerprint density at radius 1 is 0.759 bits per heavy atom. The van der Waals surface area contributed by atoms with Crippen LogP contribution in [0.3, 0.4) is 0 Å². The largest absolute Gasteiger partial charge is 0.491 e. The van der Waals surface area contributed by atoms with Crippen LogP contribution in [0.1, 0.15) is 37.5 Å². The first-order valence-corrected chi connectivity index (χ1v) is 10.1. The Kier molecular flexibility index (Phi) is 9.45. The highest BCUT2D eigenvalue weighted by Crippen LogP contribution is 2.26. The van der Waals surface area contributed by atoms with Crippen molar-refractivity contribution in [3.63, 3.8) is 0 Å². The van der Waals surface area contributed by atoms with Gasteiger partial charge in [-0.15, -0.1) is 0 Å². The van der Waals surface area contributed by atoms with Gasteiger partial charge in [-0.1, -0.05) is 51.1 Å². The third-order valence-corrected chi connectivity index (χ3v) is 4.60. The number of methoxy groups -OCH3 is 2. The lowest BCUT2D eigenvalue weighted by molar-refractivity contribution is 0.142. The molecule has 29 heavy (non-hydrogen) atoms. The molecule has 160 valence electrons. The second-order valence-corrected chi connectivity index (χ2v) is 8.00. The Morgan fingerprint density at radius 2 is 1.41 bits per heavy atom. The van der Waals surface area contributed by atoms with Crippen molar-refractivity contribution in [1.29, 1.82) is 0 Å². The van der Waals surface area contributed by atoms with Crippen LogP contribution in [0.25, 0.3) is 0 Å². The molecule has 0 amide bonds. The number of rotatable bonds is 12. The smallest absolute Gasteiger partial charge is 0.127 e. The van der Waals surface area contributed by atoms with E-state index in [-0.39, 0.29) is 5.41 Å². The van der Waals surface area contributed by atoms with Gasteiger partial charge in [0.05, 0.1) is 13.2 Å². The van der Waals surface area contributed by atoms with Gasteiger partial charge >= 0.3 is 0 Å². The van der Waals surface area contributed by atoms with Crippen molar-refractivity contribution in [2.75, 3.05) is 40.6 Å². The molecule has 0 fully saturated rings. The molecule has 0 aliphatic heterocycles. The quantitative estimate of drug-likeness (QED) is 0.537. The van der Waals surface area contributed by atoms with Gasteiger partial charge in [0.25, 0.3) is 0 Å². The van der Waals surface area contributed by atoms with Gasteiger partial charge in [0.1, 0.15) is 24.7 Å². The summed E-state index contributed by atoms with van der Waals surface area (Å²) in [4.78, 5) is 0. The fourth-order valence-corrected chi connectivity index (χ4v) is 2.85. The summed E-state index contributed by atoms with van der Waals surface area (Å²) in [5.41, 5.74) is 3.87. The molecule has 2 aromatic rings. The lowest BCUT2D eigenvalue weighted by atomic mass is 9.87. The number of hydrogen-bond acceptors (Lipinski definition) is 5. The molecule has 0 aromatic heterocycles. The Morgan fingerprint density at radius 3 is 2.03 bits per heavy atom. The van der Waals surface area contributed by atoms with Crippen LogP contribution in [0.4, 0.5) is 0 Å². The van der Waals surface area contributed by atoms with E-state index in [9.17, 15) is 0 Å². The lowest BCUT2D eigenvalue weighted by Gasteiger charge is -2.19. The maximum atomic E-state index is 5.90. The fourth-order valence-electron chi connectivity index (χ4n) is 2.85. The van der Waals surface area contributed by atoms with Crippen LogP contribution in [0.15, 0.2) is 42.5 Å². The summed E-state index contributed by atoms with van der Waals surface area (Å²) in [5, 5.41) is 3.51. The molecule has 0 atom stereocenters. The Balaban J connectivity index is 1.96. The van der Waals surface area contributed by atoms with Gasteiger partial charge in [-0.25, -0.2) is 0 Å². The summed E-state index contributed by atoms with van der Waals surface area (Å²) in [6.07, 6.45) is 0. The highest BCUT2D eigenvalue weighted by molar-refractivity contribution is 5.41. The minimum absolute atomic E-state index is 0.174. The van der Waals surface area contributed by atoms with E-state index in [1.165, 1.54) is 11.1 Å². The van der Waals surface area contributed by atoms with Crippen molar-refractivity contribution in [2.24, 2.45) is 0 Å². The van der Waals surface area contributed by atoms with Crippen LogP contribution < -0.4 is 14.8 Å². The van der Waals surface area contributed by atoms with Gasteiger partial charge in [0.2, 0.25) is 0 Å². The average molecular weight is 402 g/mol. The minimum Gasteiger partial charge on any atom is -0.491 e. The van der Waals surface area contributed by atoms with Gasteiger partial charge in [-0.3, -0.25) is 0 Å².